The van der Waals surface area contributed by atoms with Gasteiger partial charge in [-0.05, 0) is 12.1 Å². The Hall–Kier alpha value is -1.60. The van der Waals surface area contributed by atoms with E-state index in [0.29, 0.717) is 26.2 Å². The molecule has 2 rings (SSSR count). The van der Waals surface area contributed by atoms with E-state index in [1.54, 1.807) is 0 Å². The Balaban J connectivity index is 2.12. The zero-order valence-electron chi connectivity index (χ0n) is 13.2. The van der Waals surface area contributed by atoms with Gasteiger partial charge < -0.3 is 10.2 Å². The first-order valence-corrected chi connectivity index (χ1v) is 9.24. The van der Waals surface area contributed by atoms with Crippen LogP contribution in [-0.2, 0) is 14.8 Å². The van der Waals surface area contributed by atoms with Gasteiger partial charge in [-0.1, -0.05) is 26.0 Å². The van der Waals surface area contributed by atoms with Gasteiger partial charge in [-0.15, -0.1) is 0 Å². The SMILES string of the molecule is CC(C)C(=O)Nc1ccccc1N1CCN(S(C)(=O)=O)CC1. The molecular weight excluding hydrogens is 302 g/mol. The maximum atomic E-state index is 11.9. The largest absolute Gasteiger partial charge is 0.367 e. The third kappa shape index (κ3) is 3.98. The van der Waals surface area contributed by atoms with Crippen LogP contribution in [0.25, 0.3) is 0 Å². The molecule has 1 aliphatic heterocycles. The zero-order chi connectivity index (χ0) is 16.3. The van der Waals surface area contributed by atoms with Gasteiger partial charge in [0.05, 0.1) is 17.6 Å². The van der Waals surface area contributed by atoms with Gasteiger partial charge in [-0.2, -0.15) is 4.31 Å². The Morgan fingerprint density at radius 1 is 1.14 bits per heavy atom. The number of rotatable bonds is 4. The number of anilines is 2. The van der Waals surface area contributed by atoms with Gasteiger partial charge in [0, 0.05) is 32.1 Å². The highest BCUT2D eigenvalue weighted by atomic mass is 32.2. The molecule has 0 atom stereocenters. The lowest BCUT2D eigenvalue weighted by molar-refractivity contribution is -0.118. The lowest BCUT2D eigenvalue weighted by atomic mass is 10.1. The van der Waals surface area contributed by atoms with Crippen LogP contribution in [0.5, 0.6) is 0 Å². The van der Waals surface area contributed by atoms with Crippen molar-refractivity contribution >= 4 is 27.3 Å². The van der Waals surface area contributed by atoms with Crippen LogP contribution in [0, 0.1) is 5.92 Å². The molecule has 6 nitrogen and oxygen atoms in total. The molecule has 0 radical (unpaired) electrons. The highest BCUT2D eigenvalue weighted by Gasteiger charge is 2.24. The second-order valence-corrected chi connectivity index (χ2v) is 7.79. The fraction of sp³-hybridized carbons (Fsp3) is 0.533. The molecule has 0 aromatic heterocycles. The van der Waals surface area contributed by atoms with Crippen LogP contribution >= 0.6 is 0 Å². The number of hydrogen-bond acceptors (Lipinski definition) is 4. The topological polar surface area (TPSA) is 69.7 Å². The summed E-state index contributed by atoms with van der Waals surface area (Å²) in [6, 6.07) is 7.63. The molecule has 1 saturated heterocycles. The van der Waals surface area contributed by atoms with Crippen molar-refractivity contribution in [2.45, 2.75) is 13.8 Å². The number of hydrogen-bond donors (Lipinski definition) is 1. The molecule has 1 N–H and O–H groups in total. The van der Waals surface area contributed by atoms with E-state index in [4.69, 9.17) is 0 Å². The number of nitrogens with zero attached hydrogens (tertiary/aromatic N) is 2. The van der Waals surface area contributed by atoms with Crippen LogP contribution in [0.4, 0.5) is 11.4 Å². The van der Waals surface area contributed by atoms with E-state index in [2.05, 4.69) is 10.2 Å². The summed E-state index contributed by atoms with van der Waals surface area (Å²) in [6.07, 6.45) is 1.24. The Morgan fingerprint density at radius 3 is 2.27 bits per heavy atom. The highest BCUT2D eigenvalue weighted by molar-refractivity contribution is 7.88. The fourth-order valence-electron chi connectivity index (χ4n) is 2.39. The second-order valence-electron chi connectivity index (χ2n) is 5.81. The van der Waals surface area contributed by atoms with Crippen molar-refractivity contribution in [1.29, 1.82) is 0 Å². The Bertz CT molecular complexity index is 635. The smallest absolute Gasteiger partial charge is 0.226 e. The number of para-hydroxylation sites is 2. The van der Waals surface area contributed by atoms with E-state index in [1.807, 2.05) is 38.1 Å². The third-order valence-corrected chi connectivity index (χ3v) is 5.04. The quantitative estimate of drug-likeness (QED) is 0.907. The second kappa shape index (κ2) is 6.66. The summed E-state index contributed by atoms with van der Waals surface area (Å²) in [5.74, 6) is -0.114. The molecule has 0 bridgehead atoms. The van der Waals surface area contributed by atoms with Crippen molar-refractivity contribution in [3.63, 3.8) is 0 Å². The lowest BCUT2D eigenvalue weighted by Crippen LogP contribution is -2.48. The molecule has 1 aromatic rings. The minimum absolute atomic E-state index is 0.0257. The minimum Gasteiger partial charge on any atom is -0.367 e. The Morgan fingerprint density at radius 2 is 1.73 bits per heavy atom. The summed E-state index contributed by atoms with van der Waals surface area (Å²) in [5.41, 5.74) is 1.71. The van der Waals surface area contributed by atoms with E-state index in [9.17, 15) is 13.2 Å². The monoisotopic (exact) mass is 325 g/mol. The van der Waals surface area contributed by atoms with Gasteiger partial charge in [0.25, 0.3) is 0 Å². The molecular formula is C15H23N3O3S. The molecule has 1 heterocycles. The van der Waals surface area contributed by atoms with Gasteiger partial charge in [-0.25, -0.2) is 8.42 Å². The summed E-state index contributed by atoms with van der Waals surface area (Å²) in [5, 5.41) is 2.94. The molecule has 1 fully saturated rings. The standard InChI is InChI=1S/C15H23N3O3S/c1-12(2)15(19)16-13-6-4-5-7-14(13)17-8-10-18(11-9-17)22(3,20)21/h4-7,12H,8-11H2,1-3H3,(H,16,19). The summed E-state index contributed by atoms with van der Waals surface area (Å²) >= 11 is 0. The van der Waals surface area contributed by atoms with Crippen LogP contribution in [-0.4, -0.2) is 51.1 Å². The average Bonchev–Trinajstić information content (AvgIpc) is 2.47. The van der Waals surface area contributed by atoms with Crippen LogP contribution in [0.3, 0.4) is 0 Å². The van der Waals surface area contributed by atoms with Crippen LogP contribution < -0.4 is 10.2 Å². The van der Waals surface area contributed by atoms with Gasteiger partial charge in [0.15, 0.2) is 0 Å². The third-order valence-electron chi connectivity index (χ3n) is 3.73. The maximum absolute atomic E-state index is 11.9. The first-order valence-electron chi connectivity index (χ1n) is 7.39. The number of benzene rings is 1. The predicted octanol–water partition coefficient (Wildman–Crippen LogP) is 1.36. The van der Waals surface area contributed by atoms with E-state index in [1.165, 1.54) is 10.6 Å². The first-order chi connectivity index (χ1) is 10.3. The predicted molar refractivity (Wildman–Crippen MR) is 88.5 cm³/mol. The minimum atomic E-state index is -3.13. The molecule has 122 valence electrons. The van der Waals surface area contributed by atoms with Gasteiger partial charge in [0.2, 0.25) is 15.9 Å². The Labute approximate surface area is 132 Å². The average molecular weight is 325 g/mol. The molecule has 0 saturated carbocycles. The molecule has 7 heteroatoms. The van der Waals surface area contributed by atoms with Crippen LogP contribution in [0.2, 0.25) is 0 Å². The van der Waals surface area contributed by atoms with Crippen LogP contribution in [0.1, 0.15) is 13.8 Å². The number of carbonyl (C=O) groups is 1. The van der Waals surface area contributed by atoms with Gasteiger partial charge in [-0.3, -0.25) is 4.79 Å². The molecule has 0 unspecified atom stereocenters. The fourth-order valence-corrected chi connectivity index (χ4v) is 3.22. The van der Waals surface area contributed by atoms with E-state index >= 15 is 0 Å². The number of nitrogens with one attached hydrogen (secondary N) is 1. The summed E-state index contributed by atoms with van der Waals surface area (Å²) in [4.78, 5) is 14.0. The van der Waals surface area contributed by atoms with E-state index in [-0.39, 0.29) is 11.8 Å². The van der Waals surface area contributed by atoms with Crippen molar-refractivity contribution in [3.05, 3.63) is 24.3 Å². The lowest BCUT2D eigenvalue weighted by Gasteiger charge is -2.35. The van der Waals surface area contributed by atoms with E-state index in [0.717, 1.165) is 11.4 Å². The first kappa shape index (κ1) is 16.8. The van der Waals surface area contributed by atoms with Gasteiger partial charge >= 0.3 is 0 Å². The summed E-state index contributed by atoms with van der Waals surface area (Å²) in [6.45, 7) is 5.85. The van der Waals surface area contributed by atoms with Crippen molar-refractivity contribution in [2.24, 2.45) is 5.92 Å². The van der Waals surface area contributed by atoms with Crippen molar-refractivity contribution in [1.82, 2.24) is 4.31 Å². The van der Waals surface area contributed by atoms with Gasteiger partial charge in [0.1, 0.15) is 0 Å². The number of piperazine rings is 1. The molecule has 0 aliphatic carbocycles. The number of sulfonamides is 1. The highest BCUT2D eigenvalue weighted by Crippen LogP contribution is 2.27. The summed E-state index contributed by atoms with van der Waals surface area (Å²) < 4.78 is 24.6. The zero-order valence-corrected chi connectivity index (χ0v) is 14.1. The van der Waals surface area contributed by atoms with Crippen molar-refractivity contribution < 1.29 is 13.2 Å². The number of amides is 1. The summed E-state index contributed by atoms with van der Waals surface area (Å²) in [7, 11) is -3.13. The molecule has 0 spiro atoms. The molecule has 1 aliphatic rings. The number of carbonyl (C=O) groups excluding carboxylic acids is 1. The maximum Gasteiger partial charge on any atom is 0.226 e. The van der Waals surface area contributed by atoms with Crippen molar-refractivity contribution in [3.8, 4) is 0 Å². The Kier molecular flexibility index (Phi) is 5.08. The molecule has 1 amide bonds. The van der Waals surface area contributed by atoms with E-state index < -0.39 is 10.0 Å². The van der Waals surface area contributed by atoms with Crippen LogP contribution in [0.15, 0.2) is 24.3 Å². The molecule has 1 aromatic carbocycles. The molecule has 22 heavy (non-hydrogen) atoms. The normalized spacial score (nSPS) is 16.8. The van der Waals surface area contributed by atoms with Crippen molar-refractivity contribution in [2.75, 3.05) is 42.7 Å².